The Labute approximate surface area is 105 Å². The summed E-state index contributed by atoms with van der Waals surface area (Å²) in [5.74, 6) is -1.56. The highest BCUT2D eigenvalue weighted by atomic mass is 79.9. The first-order chi connectivity index (χ1) is 8.06. The number of hydrogen-bond acceptors (Lipinski definition) is 3. The Morgan fingerprint density at radius 3 is 2.71 bits per heavy atom. The standard InChI is InChI=1S/C11H7BrF2N2O/c1-6-2-3-15-11(16-6)17-10-5-8(13)7(12)4-9(10)14/h2-5H,1H3. The van der Waals surface area contributed by atoms with Crippen LogP contribution >= 0.6 is 15.9 Å². The molecule has 3 nitrogen and oxygen atoms in total. The van der Waals surface area contributed by atoms with Crippen molar-refractivity contribution in [2.45, 2.75) is 6.92 Å². The van der Waals surface area contributed by atoms with Gasteiger partial charge in [0.1, 0.15) is 5.82 Å². The second kappa shape index (κ2) is 4.75. The maximum Gasteiger partial charge on any atom is 0.322 e. The normalized spacial score (nSPS) is 10.4. The molecule has 2 aromatic rings. The molecule has 17 heavy (non-hydrogen) atoms. The number of halogens is 3. The molecule has 88 valence electrons. The van der Waals surface area contributed by atoms with Crippen molar-refractivity contribution >= 4 is 15.9 Å². The van der Waals surface area contributed by atoms with Gasteiger partial charge in [0.15, 0.2) is 11.6 Å². The Morgan fingerprint density at radius 1 is 1.24 bits per heavy atom. The van der Waals surface area contributed by atoms with Gasteiger partial charge in [0.05, 0.1) is 4.47 Å². The van der Waals surface area contributed by atoms with Crippen LogP contribution in [0.3, 0.4) is 0 Å². The summed E-state index contributed by atoms with van der Waals surface area (Å²) < 4.78 is 31.7. The van der Waals surface area contributed by atoms with Crippen molar-refractivity contribution in [2.24, 2.45) is 0 Å². The molecule has 0 bridgehead atoms. The molecular formula is C11H7BrF2N2O. The highest BCUT2D eigenvalue weighted by Crippen LogP contribution is 2.27. The van der Waals surface area contributed by atoms with Crippen LogP contribution in [0.5, 0.6) is 11.8 Å². The first-order valence-electron chi connectivity index (χ1n) is 4.68. The average molecular weight is 301 g/mol. The topological polar surface area (TPSA) is 35.0 Å². The molecular weight excluding hydrogens is 294 g/mol. The molecule has 1 aromatic heterocycles. The maximum atomic E-state index is 13.4. The molecule has 2 rings (SSSR count). The van der Waals surface area contributed by atoms with Crippen LogP contribution in [0.25, 0.3) is 0 Å². The molecule has 0 radical (unpaired) electrons. The van der Waals surface area contributed by atoms with Crippen molar-refractivity contribution in [2.75, 3.05) is 0 Å². The van der Waals surface area contributed by atoms with Gasteiger partial charge < -0.3 is 4.74 Å². The smallest absolute Gasteiger partial charge is 0.322 e. The summed E-state index contributed by atoms with van der Waals surface area (Å²) in [6.07, 6.45) is 1.48. The minimum Gasteiger partial charge on any atom is -0.421 e. The summed E-state index contributed by atoms with van der Waals surface area (Å²) in [6.45, 7) is 1.74. The summed E-state index contributed by atoms with van der Waals surface area (Å²) >= 11 is 2.88. The first kappa shape index (κ1) is 11.9. The van der Waals surface area contributed by atoms with E-state index in [4.69, 9.17) is 4.74 Å². The third kappa shape index (κ3) is 2.76. The number of aromatic nitrogens is 2. The van der Waals surface area contributed by atoms with Crippen molar-refractivity contribution in [3.8, 4) is 11.8 Å². The van der Waals surface area contributed by atoms with Crippen LogP contribution in [-0.4, -0.2) is 9.97 Å². The van der Waals surface area contributed by atoms with Crippen LogP contribution < -0.4 is 4.74 Å². The lowest BCUT2D eigenvalue weighted by atomic mass is 10.3. The van der Waals surface area contributed by atoms with Gasteiger partial charge in [0, 0.05) is 18.0 Å². The van der Waals surface area contributed by atoms with Gasteiger partial charge in [-0.3, -0.25) is 0 Å². The zero-order valence-corrected chi connectivity index (χ0v) is 10.3. The van der Waals surface area contributed by atoms with E-state index in [1.165, 1.54) is 6.20 Å². The SMILES string of the molecule is Cc1ccnc(Oc2cc(F)c(Br)cc2F)n1. The van der Waals surface area contributed by atoms with E-state index in [-0.39, 0.29) is 16.2 Å². The summed E-state index contributed by atoms with van der Waals surface area (Å²) in [7, 11) is 0. The number of nitrogens with zero attached hydrogens (tertiary/aromatic N) is 2. The summed E-state index contributed by atoms with van der Waals surface area (Å²) in [5.41, 5.74) is 0.674. The monoisotopic (exact) mass is 300 g/mol. The van der Waals surface area contributed by atoms with E-state index in [0.29, 0.717) is 5.69 Å². The molecule has 0 amide bonds. The predicted octanol–water partition coefficient (Wildman–Crippen LogP) is 3.62. The third-order valence-corrected chi connectivity index (χ3v) is 2.56. The number of rotatable bonds is 2. The zero-order chi connectivity index (χ0) is 12.4. The highest BCUT2D eigenvalue weighted by Gasteiger charge is 2.11. The molecule has 0 aliphatic rings. The fourth-order valence-corrected chi connectivity index (χ4v) is 1.47. The molecule has 1 heterocycles. The number of benzene rings is 1. The van der Waals surface area contributed by atoms with Crippen LogP contribution in [0.4, 0.5) is 8.78 Å². The van der Waals surface area contributed by atoms with Crippen molar-refractivity contribution in [3.63, 3.8) is 0 Å². The average Bonchev–Trinajstić information content (AvgIpc) is 2.26. The Kier molecular flexibility index (Phi) is 3.33. The Bertz CT molecular complexity index is 563. The van der Waals surface area contributed by atoms with Crippen LogP contribution in [-0.2, 0) is 0 Å². The Morgan fingerprint density at radius 2 is 2.00 bits per heavy atom. The Hall–Kier alpha value is -1.56. The van der Waals surface area contributed by atoms with Gasteiger partial charge in [-0.1, -0.05) is 0 Å². The van der Waals surface area contributed by atoms with Gasteiger partial charge in [-0.2, -0.15) is 0 Å². The molecule has 0 spiro atoms. The lowest BCUT2D eigenvalue weighted by Gasteiger charge is -2.06. The van der Waals surface area contributed by atoms with Gasteiger partial charge in [-0.05, 0) is 35.0 Å². The first-order valence-corrected chi connectivity index (χ1v) is 5.47. The van der Waals surface area contributed by atoms with Gasteiger partial charge in [0.2, 0.25) is 0 Å². The minimum atomic E-state index is -0.691. The molecule has 0 saturated carbocycles. The van der Waals surface area contributed by atoms with Gasteiger partial charge in [-0.15, -0.1) is 0 Å². The van der Waals surface area contributed by atoms with E-state index in [0.717, 1.165) is 12.1 Å². The predicted molar refractivity (Wildman–Crippen MR) is 60.9 cm³/mol. The van der Waals surface area contributed by atoms with Crippen molar-refractivity contribution in [1.82, 2.24) is 9.97 Å². The van der Waals surface area contributed by atoms with Crippen LogP contribution in [0.15, 0.2) is 28.9 Å². The molecule has 0 fully saturated rings. The van der Waals surface area contributed by atoms with Crippen molar-refractivity contribution in [3.05, 3.63) is 46.2 Å². The van der Waals surface area contributed by atoms with E-state index in [1.54, 1.807) is 13.0 Å². The fraction of sp³-hybridized carbons (Fsp3) is 0.0909. The Balaban J connectivity index is 2.33. The maximum absolute atomic E-state index is 13.4. The van der Waals surface area contributed by atoms with Crippen molar-refractivity contribution in [1.29, 1.82) is 0 Å². The van der Waals surface area contributed by atoms with Crippen LogP contribution in [0, 0.1) is 18.6 Å². The molecule has 0 aliphatic heterocycles. The van der Waals surface area contributed by atoms with Gasteiger partial charge in [0.25, 0.3) is 0 Å². The molecule has 1 aromatic carbocycles. The fourth-order valence-electron chi connectivity index (χ4n) is 1.16. The number of aryl methyl sites for hydroxylation is 1. The molecule has 0 aliphatic carbocycles. The molecule has 0 unspecified atom stereocenters. The molecule has 0 saturated heterocycles. The lowest BCUT2D eigenvalue weighted by molar-refractivity contribution is 0.405. The van der Waals surface area contributed by atoms with Crippen LogP contribution in [0.1, 0.15) is 5.69 Å². The quantitative estimate of drug-likeness (QED) is 0.795. The number of hydrogen-bond donors (Lipinski definition) is 0. The van der Waals surface area contributed by atoms with E-state index >= 15 is 0 Å². The van der Waals surface area contributed by atoms with Crippen LogP contribution in [0.2, 0.25) is 0 Å². The summed E-state index contributed by atoms with van der Waals surface area (Å²) in [5, 5.41) is 0. The molecule has 0 N–H and O–H groups in total. The highest BCUT2D eigenvalue weighted by molar-refractivity contribution is 9.10. The zero-order valence-electron chi connectivity index (χ0n) is 8.75. The van der Waals surface area contributed by atoms with E-state index < -0.39 is 11.6 Å². The van der Waals surface area contributed by atoms with Gasteiger partial charge >= 0.3 is 6.01 Å². The minimum absolute atomic E-state index is 0.0226. The summed E-state index contributed by atoms with van der Waals surface area (Å²) in [6, 6.07) is 3.57. The second-order valence-electron chi connectivity index (χ2n) is 3.28. The van der Waals surface area contributed by atoms with Gasteiger partial charge in [-0.25, -0.2) is 18.7 Å². The van der Waals surface area contributed by atoms with E-state index in [2.05, 4.69) is 25.9 Å². The number of ether oxygens (including phenoxy) is 1. The largest absolute Gasteiger partial charge is 0.421 e. The molecule has 6 heteroatoms. The third-order valence-electron chi connectivity index (χ3n) is 1.95. The lowest BCUT2D eigenvalue weighted by Crippen LogP contribution is -1.96. The molecule has 0 atom stereocenters. The van der Waals surface area contributed by atoms with E-state index in [9.17, 15) is 8.78 Å². The summed E-state index contributed by atoms with van der Waals surface area (Å²) in [4.78, 5) is 7.72. The second-order valence-corrected chi connectivity index (χ2v) is 4.13. The van der Waals surface area contributed by atoms with E-state index in [1.807, 2.05) is 0 Å². The van der Waals surface area contributed by atoms with Crippen molar-refractivity contribution < 1.29 is 13.5 Å².